The molecule has 134 valence electrons. The number of carbonyl (C=O) groups excluding carboxylic acids is 1. The highest BCUT2D eigenvalue weighted by atomic mass is 79.9. The minimum Gasteiger partial charge on any atom is -0.394 e. The molecule has 0 aromatic heterocycles. The summed E-state index contributed by atoms with van der Waals surface area (Å²) in [4.78, 5) is 12.6. The number of hydrogen-bond acceptors (Lipinski definition) is 4. The highest BCUT2D eigenvalue weighted by molar-refractivity contribution is 9.10. The van der Waals surface area contributed by atoms with Crippen LogP contribution < -0.4 is 5.32 Å². The Morgan fingerprint density at radius 3 is 2.67 bits per heavy atom. The number of benzene rings is 1. The normalized spacial score (nSPS) is 20.5. The van der Waals surface area contributed by atoms with Crippen molar-refractivity contribution in [1.29, 1.82) is 0 Å². The first kappa shape index (κ1) is 19.4. The van der Waals surface area contributed by atoms with Crippen molar-refractivity contribution in [3.8, 4) is 0 Å². The lowest BCUT2D eigenvalue weighted by atomic mass is 9.98. The lowest BCUT2D eigenvalue weighted by Crippen LogP contribution is -2.48. The first-order valence-electron chi connectivity index (χ1n) is 8.05. The Kier molecular flexibility index (Phi) is 6.79. The first-order valence-corrected chi connectivity index (χ1v) is 10.3. The SMILES string of the molecule is CCC(CO)NC(=O)C1CCCN(S(=O)(=O)c2ccc(Br)cc2)C1. The van der Waals surface area contributed by atoms with E-state index in [0.29, 0.717) is 25.8 Å². The second-order valence-electron chi connectivity index (χ2n) is 5.95. The standard InChI is InChI=1S/C16H23BrN2O4S/c1-2-14(11-20)18-16(21)12-4-3-9-19(10-12)24(22,23)15-7-5-13(17)6-8-15/h5-8,12,14,20H,2-4,9-11H2,1H3,(H,18,21). The highest BCUT2D eigenvalue weighted by Gasteiger charge is 2.33. The summed E-state index contributed by atoms with van der Waals surface area (Å²) in [6.45, 7) is 2.35. The van der Waals surface area contributed by atoms with Gasteiger partial charge in [0.15, 0.2) is 0 Å². The smallest absolute Gasteiger partial charge is 0.243 e. The molecule has 1 aromatic rings. The zero-order valence-corrected chi connectivity index (χ0v) is 16.0. The number of sulfonamides is 1. The highest BCUT2D eigenvalue weighted by Crippen LogP contribution is 2.25. The zero-order chi connectivity index (χ0) is 17.7. The number of piperidine rings is 1. The predicted molar refractivity (Wildman–Crippen MR) is 94.9 cm³/mol. The third-order valence-corrected chi connectivity index (χ3v) is 6.67. The van der Waals surface area contributed by atoms with Gasteiger partial charge < -0.3 is 10.4 Å². The van der Waals surface area contributed by atoms with Crippen LogP contribution in [0.5, 0.6) is 0 Å². The van der Waals surface area contributed by atoms with Crippen LogP contribution in [0.1, 0.15) is 26.2 Å². The number of rotatable bonds is 6. The van der Waals surface area contributed by atoms with E-state index in [1.54, 1.807) is 24.3 Å². The van der Waals surface area contributed by atoms with Crippen LogP contribution in [0.2, 0.25) is 0 Å². The van der Waals surface area contributed by atoms with Gasteiger partial charge in [-0.05, 0) is 43.5 Å². The lowest BCUT2D eigenvalue weighted by molar-refractivity contribution is -0.127. The van der Waals surface area contributed by atoms with Crippen LogP contribution in [-0.4, -0.2) is 49.5 Å². The van der Waals surface area contributed by atoms with Crippen molar-refractivity contribution in [2.24, 2.45) is 5.92 Å². The van der Waals surface area contributed by atoms with Gasteiger partial charge >= 0.3 is 0 Å². The van der Waals surface area contributed by atoms with Crippen LogP contribution in [0.15, 0.2) is 33.6 Å². The third-order valence-electron chi connectivity index (χ3n) is 4.27. The molecule has 0 radical (unpaired) electrons. The number of nitrogens with zero attached hydrogens (tertiary/aromatic N) is 1. The van der Waals surface area contributed by atoms with E-state index in [9.17, 15) is 18.3 Å². The van der Waals surface area contributed by atoms with E-state index in [4.69, 9.17) is 0 Å². The topological polar surface area (TPSA) is 86.7 Å². The van der Waals surface area contributed by atoms with Gasteiger partial charge in [0, 0.05) is 17.6 Å². The number of halogens is 1. The fourth-order valence-electron chi connectivity index (χ4n) is 2.73. The van der Waals surface area contributed by atoms with Gasteiger partial charge in [-0.3, -0.25) is 4.79 Å². The molecule has 0 spiro atoms. The Bertz CT molecular complexity index is 659. The molecular formula is C16H23BrN2O4S. The van der Waals surface area contributed by atoms with Crippen molar-refractivity contribution < 1.29 is 18.3 Å². The van der Waals surface area contributed by atoms with Gasteiger partial charge in [-0.1, -0.05) is 22.9 Å². The maximum absolute atomic E-state index is 12.7. The molecule has 2 N–H and O–H groups in total. The van der Waals surface area contributed by atoms with Crippen molar-refractivity contribution in [3.63, 3.8) is 0 Å². The molecule has 8 heteroatoms. The molecule has 1 aliphatic rings. The maximum Gasteiger partial charge on any atom is 0.243 e. The number of aliphatic hydroxyl groups excluding tert-OH is 1. The summed E-state index contributed by atoms with van der Waals surface area (Å²) in [5.74, 6) is -0.573. The average Bonchev–Trinajstić information content (AvgIpc) is 2.60. The second kappa shape index (κ2) is 8.42. The quantitative estimate of drug-likeness (QED) is 0.736. The summed E-state index contributed by atoms with van der Waals surface area (Å²) in [5, 5.41) is 12.0. The van der Waals surface area contributed by atoms with Gasteiger partial charge in [-0.15, -0.1) is 0 Å². The fraction of sp³-hybridized carbons (Fsp3) is 0.562. The second-order valence-corrected chi connectivity index (χ2v) is 8.81. The van der Waals surface area contributed by atoms with Crippen LogP contribution in [-0.2, 0) is 14.8 Å². The van der Waals surface area contributed by atoms with Gasteiger partial charge in [0.2, 0.25) is 15.9 Å². The van der Waals surface area contributed by atoms with Crippen molar-refractivity contribution >= 4 is 31.9 Å². The van der Waals surface area contributed by atoms with E-state index in [-0.39, 0.29) is 35.9 Å². The van der Waals surface area contributed by atoms with Crippen molar-refractivity contribution in [1.82, 2.24) is 9.62 Å². The van der Waals surface area contributed by atoms with E-state index in [0.717, 1.165) is 4.47 Å². The zero-order valence-electron chi connectivity index (χ0n) is 13.6. The molecule has 1 aromatic carbocycles. The fourth-order valence-corrected chi connectivity index (χ4v) is 4.51. The first-order chi connectivity index (χ1) is 11.4. The Morgan fingerprint density at radius 1 is 1.42 bits per heavy atom. The molecule has 0 bridgehead atoms. The van der Waals surface area contributed by atoms with E-state index in [1.807, 2.05) is 6.92 Å². The molecule has 0 saturated carbocycles. The molecule has 6 nitrogen and oxygen atoms in total. The van der Waals surface area contributed by atoms with Gasteiger partial charge in [-0.25, -0.2) is 8.42 Å². The summed E-state index contributed by atoms with van der Waals surface area (Å²) >= 11 is 3.29. The van der Waals surface area contributed by atoms with Gasteiger partial charge in [0.25, 0.3) is 0 Å². The molecule has 1 heterocycles. The van der Waals surface area contributed by atoms with Crippen LogP contribution in [0.25, 0.3) is 0 Å². The molecule has 24 heavy (non-hydrogen) atoms. The molecule has 1 fully saturated rings. The summed E-state index contributed by atoms with van der Waals surface area (Å²) in [7, 11) is -3.60. The largest absolute Gasteiger partial charge is 0.394 e. The predicted octanol–water partition coefficient (Wildman–Crippen LogP) is 1.74. The van der Waals surface area contributed by atoms with Crippen LogP contribution in [0.3, 0.4) is 0 Å². The van der Waals surface area contributed by atoms with Crippen molar-refractivity contribution in [2.75, 3.05) is 19.7 Å². The Labute approximate surface area is 151 Å². The Morgan fingerprint density at radius 2 is 2.08 bits per heavy atom. The minimum atomic E-state index is -3.60. The number of amides is 1. The van der Waals surface area contributed by atoms with E-state index >= 15 is 0 Å². The summed E-state index contributed by atoms with van der Waals surface area (Å²) in [6.07, 6.45) is 1.93. The Balaban J connectivity index is 2.09. The van der Waals surface area contributed by atoms with Crippen LogP contribution in [0, 0.1) is 5.92 Å². The monoisotopic (exact) mass is 418 g/mol. The number of nitrogens with one attached hydrogen (secondary N) is 1. The maximum atomic E-state index is 12.7. The summed E-state index contributed by atoms with van der Waals surface area (Å²) < 4.78 is 27.7. The number of hydrogen-bond donors (Lipinski definition) is 2. The molecule has 2 atom stereocenters. The van der Waals surface area contributed by atoms with Crippen molar-refractivity contribution in [3.05, 3.63) is 28.7 Å². The van der Waals surface area contributed by atoms with Gasteiger partial charge in [-0.2, -0.15) is 4.31 Å². The summed E-state index contributed by atoms with van der Waals surface area (Å²) in [6, 6.07) is 6.21. The van der Waals surface area contributed by atoms with E-state index < -0.39 is 10.0 Å². The van der Waals surface area contributed by atoms with Crippen LogP contribution in [0.4, 0.5) is 0 Å². The molecule has 2 rings (SSSR count). The van der Waals surface area contributed by atoms with Crippen molar-refractivity contribution in [2.45, 2.75) is 37.1 Å². The molecule has 1 aliphatic heterocycles. The number of carbonyl (C=O) groups is 1. The molecular weight excluding hydrogens is 396 g/mol. The molecule has 1 saturated heterocycles. The van der Waals surface area contributed by atoms with Gasteiger partial charge in [0.05, 0.1) is 23.5 Å². The molecule has 1 amide bonds. The van der Waals surface area contributed by atoms with Crippen LogP contribution >= 0.6 is 15.9 Å². The molecule has 2 unspecified atom stereocenters. The van der Waals surface area contributed by atoms with Gasteiger partial charge in [0.1, 0.15) is 0 Å². The third kappa shape index (κ3) is 4.56. The van der Waals surface area contributed by atoms with E-state index in [2.05, 4.69) is 21.2 Å². The average molecular weight is 419 g/mol. The lowest BCUT2D eigenvalue weighted by Gasteiger charge is -2.32. The molecule has 0 aliphatic carbocycles. The van der Waals surface area contributed by atoms with E-state index in [1.165, 1.54) is 4.31 Å². The summed E-state index contributed by atoms with van der Waals surface area (Å²) in [5.41, 5.74) is 0. The number of aliphatic hydroxyl groups is 1. The minimum absolute atomic E-state index is 0.115. The Hall–Kier alpha value is -0.960.